The van der Waals surface area contributed by atoms with Crippen molar-refractivity contribution >= 4 is 5.69 Å². The van der Waals surface area contributed by atoms with E-state index in [4.69, 9.17) is 10.8 Å². The molecule has 0 saturated heterocycles. The smallest absolute Gasteiger partial charge is 0.395 e. The van der Waals surface area contributed by atoms with Crippen LogP contribution in [0.1, 0.15) is 24.1 Å². The third-order valence-corrected chi connectivity index (χ3v) is 2.70. The van der Waals surface area contributed by atoms with Gasteiger partial charge < -0.3 is 15.7 Å². The van der Waals surface area contributed by atoms with E-state index in [-0.39, 0.29) is 18.8 Å². The number of aliphatic hydroxyl groups excluding tert-OH is 1. The van der Waals surface area contributed by atoms with E-state index in [0.29, 0.717) is 5.56 Å². The Balaban J connectivity index is 3.25. The van der Waals surface area contributed by atoms with Gasteiger partial charge in [0, 0.05) is 25.3 Å². The van der Waals surface area contributed by atoms with Crippen molar-refractivity contribution in [2.45, 2.75) is 19.1 Å². The molecule has 1 rings (SSSR count). The Labute approximate surface area is 104 Å². The molecule has 1 aromatic carbocycles. The molecule has 1 aromatic rings. The first-order chi connectivity index (χ1) is 8.27. The number of benzene rings is 1. The van der Waals surface area contributed by atoms with Crippen LogP contribution in [0.5, 0.6) is 0 Å². The number of halogens is 3. The average molecular weight is 262 g/mol. The van der Waals surface area contributed by atoms with Gasteiger partial charge in [-0.25, -0.2) is 0 Å². The zero-order valence-electron chi connectivity index (χ0n) is 10.3. The fourth-order valence-corrected chi connectivity index (χ4v) is 1.67. The fourth-order valence-electron chi connectivity index (χ4n) is 1.67. The lowest BCUT2D eigenvalue weighted by Crippen LogP contribution is -2.24. The summed E-state index contributed by atoms with van der Waals surface area (Å²) < 4.78 is 38.9. The van der Waals surface area contributed by atoms with Crippen LogP contribution >= 0.6 is 0 Å². The van der Waals surface area contributed by atoms with Crippen LogP contribution in [-0.4, -0.2) is 25.3 Å². The number of hydrogen-bond donors (Lipinski definition) is 2. The summed E-state index contributed by atoms with van der Waals surface area (Å²) in [5.41, 5.74) is 5.34. The average Bonchev–Trinajstić information content (AvgIpc) is 2.27. The van der Waals surface area contributed by atoms with Crippen molar-refractivity contribution in [2.24, 2.45) is 5.73 Å². The van der Waals surface area contributed by atoms with Crippen LogP contribution in [0, 0.1) is 0 Å². The van der Waals surface area contributed by atoms with E-state index in [1.807, 2.05) is 0 Å². The Morgan fingerprint density at radius 1 is 1.39 bits per heavy atom. The highest BCUT2D eigenvalue weighted by Crippen LogP contribution is 2.37. The molecule has 0 radical (unpaired) electrons. The molecule has 0 saturated carbocycles. The van der Waals surface area contributed by atoms with Gasteiger partial charge in [-0.05, 0) is 24.6 Å². The first-order valence-corrected chi connectivity index (χ1v) is 5.56. The number of nitrogens with zero attached hydrogens (tertiary/aromatic N) is 1. The SMILES string of the molecule is CC(N)c1ccc(N(C)CCO)c(C(F)(F)F)c1. The summed E-state index contributed by atoms with van der Waals surface area (Å²) in [5.74, 6) is 0. The summed E-state index contributed by atoms with van der Waals surface area (Å²) in [6, 6.07) is 3.57. The highest BCUT2D eigenvalue weighted by atomic mass is 19.4. The number of hydrogen-bond acceptors (Lipinski definition) is 3. The predicted octanol–water partition coefficient (Wildman–Crippen LogP) is 2.15. The zero-order valence-corrected chi connectivity index (χ0v) is 10.3. The minimum absolute atomic E-state index is 0.0425. The van der Waals surface area contributed by atoms with E-state index in [0.717, 1.165) is 6.07 Å². The topological polar surface area (TPSA) is 49.5 Å². The van der Waals surface area contributed by atoms with Gasteiger partial charge in [-0.2, -0.15) is 13.2 Å². The van der Waals surface area contributed by atoms with Gasteiger partial charge in [0.05, 0.1) is 12.2 Å². The van der Waals surface area contributed by atoms with Gasteiger partial charge in [-0.15, -0.1) is 0 Å². The van der Waals surface area contributed by atoms with Gasteiger partial charge in [0.1, 0.15) is 0 Å². The van der Waals surface area contributed by atoms with E-state index in [1.54, 1.807) is 13.0 Å². The summed E-state index contributed by atoms with van der Waals surface area (Å²) in [6.07, 6.45) is -4.44. The standard InChI is InChI=1S/C12H17F3N2O/c1-8(16)9-3-4-11(17(2)5-6-18)10(7-9)12(13,14)15/h3-4,7-8,18H,5-6,16H2,1-2H3. The molecular formula is C12H17F3N2O. The largest absolute Gasteiger partial charge is 0.418 e. The molecule has 6 heteroatoms. The van der Waals surface area contributed by atoms with E-state index < -0.39 is 17.8 Å². The molecule has 3 nitrogen and oxygen atoms in total. The number of aliphatic hydroxyl groups is 1. The highest BCUT2D eigenvalue weighted by molar-refractivity contribution is 5.56. The summed E-state index contributed by atoms with van der Waals surface area (Å²) in [6.45, 7) is 1.57. The summed E-state index contributed by atoms with van der Waals surface area (Å²) >= 11 is 0. The number of nitrogens with two attached hydrogens (primary N) is 1. The monoisotopic (exact) mass is 262 g/mol. The number of likely N-dealkylation sites (N-methyl/N-ethyl adjacent to an activating group) is 1. The third kappa shape index (κ3) is 3.36. The van der Waals surface area contributed by atoms with E-state index >= 15 is 0 Å². The quantitative estimate of drug-likeness (QED) is 0.874. The van der Waals surface area contributed by atoms with E-state index in [2.05, 4.69) is 0 Å². The van der Waals surface area contributed by atoms with Crippen LogP contribution < -0.4 is 10.6 Å². The maximum Gasteiger partial charge on any atom is 0.418 e. The van der Waals surface area contributed by atoms with Crippen LogP contribution in [0.4, 0.5) is 18.9 Å². The molecule has 0 aliphatic heterocycles. The molecule has 0 bridgehead atoms. The summed E-state index contributed by atoms with van der Waals surface area (Å²) in [5, 5.41) is 8.79. The normalized spacial score (nSPS) is 13.5. The molecule has 18 heavy (non-hydrogen) atoms. The second-order valence-corrected chi connectivity index (χ2v) is 4.21. The van der Waals surface area contributed by atoms with Crippen molar-refractivity contribution in [3.8, 4) is 0 Å². The Kier molecular flexibility index (Phi) is 4.59. The van der Waals surface area contributed by atoms with E-state index in [9.17, 15) is 13.2 Å². The number of anilines is 1. The molecule has 1 atom stereocenters. The van der Waals surface area contributed by atoms with Crippen LogP contribution in [0.2, 0.25) is 0 Å². The molecule has 1 unspecified atom stereocenters. The molecule has 102 valence electrons. The Bertz CT molecular complexity index is 405. The minimum atomic E-state index is -4.44. The van der Waals surface area contributed by atoms with Crippen molar-refractivity contribution in [3.63, 3.8) is 0 Å². The molecule has 0 aliphatic rings. The molecule has 0 amide bonds. The fraction of sp³-hybridized carbons (Fsp3) is 0.500. The second-order valence-electron chi connectivity index (χ2n) is 4.21. The Morgan fingerprint density at radius 3 is 2.44 bits per heavy atom. The van der Waals surface area contributed by atoms with Crippen molar-refractivity contribution in [3.05, 3.63) is 29.3 Å². The lowest BCUT2D eigenvalue weighted by molar-refractivity contribution is -0.137. The molecule has 0 spiro atoms. The Morgan fingerprint density at radius 2 is 2.00 bits per heavy atom. The molecule has 0 aromatic heterocycles. The minimum Gasteiger partial charge on any atom is -0.395 e. The van der Waals surface area contributed by atoms with Crippen molar-refractivity contribution < 1.29 is 18.3 Å². The highest BCUT2D eigenvalue weighted by Gasteiger charge is 2.34. The predicted molar refractivity (Wildman–Crippen MR) is 64.4 cm³/mol. The van der Waals surface area contributed by atoms with Gasteiger partial charge >= 0.3 is 6.18 Å². The van der Waals surface area contributed by atoms with E-state index in [1.165, 1.54) is 18.0 Å². The van der Waals surface area contributed by atoms with Crippen LogP contribution in [0.25, 0.3) is 0 Å². The number of alkyl halides is 3. The maximum absolute atomic E-state index is 13.0. The molecule has 0 fully saturated rings. The maximum atomic E-state index is 13.0. The van der Waals surface area contributed by atoms with Crippen molar-refractivity contribution in [2.75, 3.05) is 25.1 Å². The van der Waals surface area contributed by atoms with Crippen LogP contribution in [0.3, 0.4) is 0 Å². The van der Waals surface area contributed by atoms with Gasteiger partial charge in [0.2, 0.25) is 0 Å². The lowest BCUT2D eigenvalue weighted by Gasteiger charge is -2.24. The van der Waals surface area contributed by atoms with Gasteiger partial charge in [0.15, 0.2) is 0 Å². The van der Waals surface area contributed by atoms with Gasteiger partial charge in [-0.3, -0.25) is 0 Å². The lowest BCUT2D eigenvalue weighted by atomic mass is 10.0. The zero-order chi connectivity index (χ0) is 13.9. The number of rotatable bonds is 4. The summed E-state index contributed by atoms with van der Waals surface area (Å²) in [4.78, 5) is 1.37. The first-order valence-electron chi connectivity index (χ1n) is 5.56. The first kappa shape index (κ1) is 14.8. The van der Waals surface area contributed by atoms with Crippen molar-refractivity contribution in [1.82, 2.24) is 0 Å². The molecule has 0 heterocycles. The van der Waals surface area contributed by atoms with Gasteiger partial charge in [0.25, 0.3) is 0 Å². The van der Waals surface area contributed by atoms with Crippen LogP contribution in [0.15, 0.2) is 18.2 Å². The summed E-state index contributed by atoms with van der Waals surface area (Å²) in [7, 11) is 1.51. The second kappa shape index (κ2) is 5.58. The van der Waals surface area contributed by atoms with Crippen molar-refractivity contribution in [1.29, 1.82) is 0 Å². The Hall–Kier alpha value is -1.27. The van der Waals surface area contributed by atoms with Crippen LogP contribution in [-0.2, 0) is 6.18 Å². The molecule has 3 N–H and O–H groups in total. The molecular weight excluding hydrogens is 245 g/mol. The van der Waals surface area contributed by atoms with Gasteiger partial charge in [-0.1, -0.05) is 6.07 Å². The third-order valence-electron chi connectivity index (χ3n) is 2.70. The molecule has 0 aliphatic carbocycles.